The van der Waals surface area contributed by atoms with Gasteiger partial charge in [-0.1, -0.05) is 60.7 Å². The van der Waals surface area contributed by atoms with Crippen molar-refractivity contribution in [1.29, 1.82) is 0 Å². The van der Waals surface area contributed by atoms with Crippen LogP contribution in [0.4, 0.5) is 5.82 Å². The van der Waals surface area contributed by atoms with Gasteiger partial charge >= 0.3 is 5.97 Å². The van der Waals surface area contributed by atoms with Crippen molar-refractivity contribution in [2.75, 3.05) is 4.72 Å². The van der Waals surface area contributed by atoms with Crippen molar-refractivity contribution in [2.24, 2.45) is 0 Å². The van der Waals surface area contributed by atoms with E-state index in [0.29, 0.717) is 16.9 Å². The van der Waals surface area contributed by atoms with Gasteiger partial charge in [0.1, 0.15) is 17.9 Å². The summed E-state index contributed by atoms with van der Waals surface area (Å²) in [5, 5.41) is 18.8. The van der Waals surface area contributed by atoms with Gasteiger partial charge in [-0.15, -0.1) is 0 Å². The number of benzene rings is 3. The van der Waals surface area contributed by atoms with Gasteiger partial charge in [0.15, 0.2) is 11.6 Å². The number of aromatic hydroxyl groups is 1. The van der Waals surface area contributed by atoms with E-state index in [9.17, 15) is 18.3 Å². The molecule has 3 N–H and O–H groups in total. The molecule has 0 unspecified atom stereocenters. The standard InChI is InChI=1S/C27H22N2O6S/c30-24-15-12-20(17-23(24)27(31)32)9-8-19-10-13-22(14-11-19)36(33,34)29-26-25(7-4-16-28-26)35-18-21-5-2-1-3-6-21/h1-17,30H,18H2,(H,28,29)(H,31,32). The summed E-state index contributed by atoms with van der Waals surface area (Å²) in [6.07, 6.45) is 4.84. The Kier molecular flexibility index (Phi) is 7.31. The number of pyridine rings is 1. The molecule has 3 aromatic carbocycles. The Balaban J connectivity index is 1.47. The molecule has 4 rings (SSSR count). The molecule has 0 aliphatic carbocycles. The summed E-state index contributed by atoms with van der Waals surface area (Å²) in [4.78, 5) is 15.3. The molecule has 0 bridgehead atoms. The van der Waals surface area contributed by atoms with Gasteiger partial charge in [0.2, 0.25) is 0 Å². The van der Waals surface area contributed by atoms with Gasteiger partial charge in [0.05, 0.1) is 4.90 Å². The lowest BCUT2D eigenvalue weighted by atomic mass is 10.1. The largest absolute Gasteiger partial charge is 0.507 e. The average molecular weight is 503 g/mol. The predicted molar refractivity (Wildman–Crippen MR) is 136 cm³/mol. The van der Waals surface area contributed by atoms with Crippen molar-refractivity contribution >= 4 is 34.0 Å². The summed E-state index contributed by atoms with van der Waals surface area (Å²) < 4.78 is 34.2. The quantitative estimate of drug-likeness (QED) is 0.274. The lowest BCUT2D eigenvalue weighted by Crippen LogP contribution is -2.15. The number of sulfonamides is 1. The molecular weight excluding hydrogens is 480 g/mol. The minimum atomic E-state index is -3.93. The molecule has 0 atom stereocenters. The van der Waals surface area contributed by atoms with Crippen molar-refractivity contribution < 1.29 is 28.2 Å². The first kappa shape index (κ1) is 24.5. The second kappa shape index (κ2) is 10.7. The number of carboxylic acids is 1. The fourth-order valence-corrected chi connectivity index (χ4v) is 4.30. The number of hydrogen-bond acceptors (Lipinski definition) is 6. The Bertz CT molecular complexity index is 1500. The first-order chi connectivity index (χ1) is 17.3. The molecule has 182 valence electrons. The van der Waals surface area contributed by atoms with Crippen molar-refractivity contribution in [3.05, 3.63) is 113 Å². The van der Waals surface area contributed by atoms with Crippen LogP contribution >= 0.6 is 0 Å². The van der Waals surface area contributed by atoms with Crippen LogP contribution in [0.1, 0.15) is 27.0 Å². The fourth-order valence-electron chi connectivity index (χ4n) is 3.28. The van der Waals surface area contributed by atoms with Crippen molar-refractivity contribution in [1.82, 2.24) is 4.98 Å². The molecule has 0 radical (unpaired) electrons. The molecule has 0 aliphatic rings. The zero-order valence-electron chi connectivity index (χ0n) is 18.9. The molecule has 0 saturated heterocycles. The van der Waals surface area contributed by atoms with E-state index in [2.05, 4.69) is 9.71 Å². The number of anilines is 1. The van der Waals surface area contributed by atoms with Crippen molar-refractivity contribution in [2.45, 2.75) is 11.5 Å². The van der Waals surface area contributed by atoms with Crippen LogP contribution < -0.4 is 9.46 Å². The van der Waals surface area contributed by atoms with E-state index in [1.807, 2.05) is 30.3 Å². The van der Waals surface area contributed by atoms with Crippen molar-refractivity contribution in [3.63, 3.8) is 0 Å². The molecule has 36 heavy (non-hydrogen) atoms. The first-order valence-corrected chi connectivity index (χ1v) is 12.3. The van der Waals surface area contributed by atoms with Crippen LogP contribution in [-0.2, 0) is 16.6 Å². The summed E-state index contributed by atoms with van der Waals surface area (Å²) in [6, 6.07) is 23.2. The number of nitrogens with one attached hydrogen (secondary N) is 1. The lowest BCUT2D eigenvalue weighted by Gasteiger charge is -2.13. The average Bonchev–Trinajstić information content (AvgIpc) is 2.88. The monoisotopic (exact) mass is 502 g/mol. The maximum Gasteiger partial charge on any atom is 0.339 e. The zero-order chi connectivity index (χ0) is 25.5. The molecule has 1 heterocycles. The van der Waals surface area contributed by atoms with E-state index < -0.39 is 16.0 Å². The van der Waals surface area contributed by atoms with E-state index in [-0.39, 0.29) is 28.6 Å². The number of phenols is 1. The molecule has 0 aliphatic heterocycles. The fraction of sp³-hybridized carbons (Fsp3) is 0.0370. The molecule has 0 amide bonds. The number of aromatic nitrogens is 1. The third kappa shape index (κ3) is 6.08. The highest BCUT2D eigenvalue weighted by atomic mass is 32.2. The summed E-state index contributed by atoms with van der Waals surface area (Å²) in [6.45, 7) is 0.261. The SMILES string of the molecule is O=C(O)c1cc(C=Cc2ccc(S(=O)(=O)Nc3ncccc3OCc3ccccc3)cc2)ccc1O. The van der Waals surface area contributed by atoms with Gasteiger partial charge in [-0.25, -0.2) is 18.2 Å². The first-order valence-electron chi connectivity index (χ1n) is 10.8. The number of aromatic carboxylic acids is 1. The Morgan fingerprint density at radius 3 is 2.33 bits per heavy atom. The summed E-state index contributed by atoms with van der Waals surface area (Å²) in [5.41, 5.74) is 2.00. The van der Waals surface area contributed by atoms with E-state index >= 15 is 0 Å². The smallest absolute Gasteiger partial charge is 0.339 e. The van der Waals surface area contributed by atoms with Gasteiger partial charge < -0.3 is 14.9 Å². The normalized spacial score (nSPS) is 11.3. The molecule has 0 spiro atoms. The Morgan fingerprint density at radius 2 is 1.61 bits per heavy atom. The maximum atomic E-state index is 12.9. The minimum absolute atomic E-state index is 0.0390. The molecular formula is C27H22N2O6S. The topological polar surface area (TPSA) is 126 Å². The third-order valence-corrected chi connectivity index (χ3v) is 6.50. The van der Waals surface area contributed by atoms with Gasteiger partial charge in [-0.2, -0.15) is 0 Å². The second-order valence-corrected chi connectivity index (χ2v) is 9.40. The summed E-state index contributed by atoms with van der Waals surface area (Å²) in [5.74, 6) is -1.16. The predicted octanol–water partition coefficient (Wildman–Crippen LogP) is 5.04. The van der Waals surface area contributed by atoms with Crippen LogP contribution in [0.15, 0.2) is 96.0 Å². The Hall–Kier alpha value is -4.63. The van der Waals surface area contributed by atoms with Crippen LogP contribution in [0.2, 0.25) is 0 Å². The van der Waals surface area contributed by atoms with Gasteiger partial charge in [0, 0.05) is 6.20 Å². The molecule has 0 saturated carbocycles. The number of ether oxygens (including phenoxy) is 1. The highest BCUT2D eigenvalue weighted by Crippen LogP contribution is 2.26. The third-order valence-electron chi connectivity index (χ3n) is 5.15. The Morgan fingerprint density at radius 1 is 0.917 bits per heavy atom. The van der Waals surface area contributed by atoms with Crippen LogP contribution in [0.3, 0.4) is 0 Å². The molecule has 0 fully saturated rings. The molecule has 1 aromatic heterocycles. The number of carboxylic acid groups (broad SMARTS) is 1. The number of nitrogens with zero attached hydrogens (tertiary/aromatic N) is 1. The number of rotatable bonds is 9. The van der Waals surface area contributed by atoms with Crippen LogP contribution in [-0.4, -0.2) is 29.6 Å². The highest BCUT2D eigenvalue weighted by molar-refractivity contribution is 7.92. The van der Waals surface area contributed by atoms with Gasteiger partial charge in [0.25, 0.3) is 10.0 Å². The van der Waals surface area contributed by atoms with Crippen molar-refractivity contribution in [3.8, 4) is 11.5 Å². The van der Waals surface area contributed by atoms with Crippen LogP contribution in [0, 0.1) is 0 Å². The Labute approximate surface area is 208 Å². The van der Waals surface area contributed by atoms with E-state index in [0.717, 1.165) is 5.56 Å². The van der Waals surface area contributed by atoms with Gasteiger partial charge in [-0.05, 0) is 53.1 Å². The highest BCUT2D eigenvalue weighted by Gasteiger charge is 2.17. The van der Waals surface area contributed by atoms with E-state index in [1.165, 1.54) is 30.5 Å². The van der Waals surface area contributed by atoms with Gasteiger partial charge in [-0.3, -0.25) is 4.72 Å². The van der Waals surface area contributed by atoms with Crippen LogP contribution in [0.25, 0.3) is 12.2 Å². The van der Waals surface area contributed by atoms with Crippen LogP contribution in [0.5, 0.6) is 11.5 Å². The second-order valence-electron chi connectivity index (χ2n) is 7.71. The number of carbonyl (C=O) groups is 1. The minimum Gasteiger partial charge on any atom is -0.507 e. The van der Waals surface area contributed by atoms with E-state index in [4.69, 9.17) is 9.84 Å². The maximum absolute atomic E-state index is 12.9. The lowest BCUT2D eigenvalue weighted by molar-refractivity contribution is 0.0693. The number of hydrogen-bond donors (Lipinski definition) is 3. The molecule has 8 nitrogen and oxygen atoms in total. The summed E-state index contributed by atoms with van der Waals surface area (Å²) in [7, 11) is -3.93. The molecule has 4 aromatic rings. The zero-order valence-corrected chi connectivity index (χ0v) is 19.7. The summed E-state index contributed by atoms with van der Waals surface area (Å²) >= 11 is 0. The molecule has 9 heteroatoms. The van der Waals surface area contributed by atoms with E-state index in [1.54, 1.807) is 42.5 Å².